The quantitative estimate of drug-likeness (QED) is 0.731. The molecule has 2 heterocycles. The van der Waals surface area contributed by atoms with E-state index in [9.17, 15) is 13.6 Å². The van der Waals surface area contributed by atoms with E-state index in [4.69, 9.17) is 0 Å². The van der Waals surface area contributed by atoms with Gasteiger partial charge in [-0.15, -0.1) is 0 Å². The van der Waals surface area contributed by atoms with Crippen LogP contribution in [0.1, 0.15) is 11.1 Å². The predicted octanol–water partition coefficient (Wildman–Crippen LogP) is 3.04. The van der Waals surface area contributed by atoms with Gasteiger partial charge < -0.3 is 9.64 Å². The van der Waals surface area contributed by atoms with Gasteiger partial charge >= 0.3 is 6.61 Å². The van der Waals surface area contributed by atoms with E-state index in [1.807, 2.05) is 23.2 Å². The van der Waals surface area contributed by atoms with Crippen molar-refractivity contribution in [3.05, 3.63) is 66.0 Å². The second kappa shape index (κ2) is 9.23. The van der Waals surface area contributed by atoms with Crippen molar-refractivity contribution in [1.29, 1.82) is 0 Å². The monoisotopic (exact) mass is 373 g/mol. The Morgan fingerprint density at radius 2 is 1.89 bits per heavy atom. The first-order chi connectivity index (χ1) is 13.1. The molecular formula is C20H21F2N3O2. The molecule has 5 nitrogen and oxygen atoms in total. The fraction of sp³-hybridized carbons (Fsp3) is 0.300. The molecule has 1 aromatic heterocycles. The minimum absolute atomic E-state index is 0.0519. The van der Waals surface area contributed by atoms with Crippen molar-refractivity contribution in [1.82, 2.24) is 14.8 Å². The Balaban J connectivity index is 1.47. The molecule has 1 saturated heterocycles. The Morgan fingerprint density at radius 1 is 1.15 bits per heavy atom. The summed E-state index contributed by atoms with van der Waals surface area (Å²) in [5.41, 5.74) is 1.91. The van der Waals surface area contributed by atoms with Crippen LogP contribution in [0.2, 0.25) is 0 Å². The Morgan fingerprint density at radius 3 is 2.52 bits per heavy atom. The van der Waals surface area contributed by atoms with Crippen LogP contribution in [-0.2, 0) is 11.3 Å². The zero-order chi connectivity index (χ0) is 19.1. The van der Waals surface area contributed by atoms with Crippen molar-refractivity contribution in [3.8, 4) is 5.75 Å². The number of benzene rings is 1. The molecule has 1 aliphatic heterocycles. The highest BCUT2D eigenvalue weighted by atomic mass is 19.3. The molecule has 0 atom stereocenters. The molecule has 142 valence electrons. The number of pyridine rings is 1. The summed E-state index contributed by atoms with van der Waals surface area (Å²) in [6, 6.07) is 10.1. The van der Waals surface area contributed by atoms with Crippen molar-refractivity contribution >= 4 is 12.0 Å². The molecule has 0 N–H and O–H groups in total. The van der Waals surface area contributed by atoms with E-state index in [0.29, 0.717) is 13.1 Å². The Hall–Kier alpha value is -2.80. The Bertz CT molecular complexity index is 759. The summed E-state index contributed by atoms with van der Waals surface area (Å²) in [5.74, 6) is 0.0437. The standard InChI is InChI=1S/C20H21F2N3O2/c21-20(22)27-18-6-3-16(4-7-18)5-8-19(26)25-12-10-24(11-13-25)15-17-2-1-9-23-14-17/h1-9,14,20H,10-13,15H2/b8-5-. The minimum atomic E-state index is -2.84. The van der Waals surface area contributed by atoms with Crippen LogP contribution >= 0.6 is 0 Å². The van der Waals surface area contributed by atoms with Gasteiger partial charge in [0.15, 0.2) is 0 Å². The van der Waals surface area contributed by atoms with Gasteiger partial charge in [-0.25, -0.2) is 0 Å². The average Bonchev–Trinajstić information content (AvgIpc) is 2.68. The summed E-state index contributed by atoms with van der Waals surface area (Å²) in [4.78, 5) is 20.6. The third-order valence-corrected chi connectivity index (χ3v) is 4.34. The van der Waals surface area contributed by atoms with Crippen LogP contribution < -0.4 is 4.74 Å². The van der Waals surface area contributed by atoms with E-state index >= 15 is 0 Å². The SMILES string of the molecule is O=C(/C=C\c1ccc(OC(F)F)cc1)N1CCN(Cc2cccnc2)CC1. The van der Waals surface area contributed by atoms with Crippen molar-refractivity contribution in [2.75, 3.05) is 26.2 Å². The number of piperazine rings is 1. The van der Waals surface area contributed by atoms with Crippen LogP contribution in [0.15, 0.2) is 54.9 Å². The molecule has 1 amide bonds. The van der Waals surface area contributed by atoms with Gasteiger partial charge in [-0.05, 0) is 35.4 Å². The number of hydrogen-bond donors (Lipinski definition) is 0. The molecule has 27 heavy (non-hydrogen) atoms. The van der Waals surface area contributed by atoms with Gasteiger partial charge in [-0.1, -0.05) is 18.2 Å². The number of ether oxygens (including phenoxy) is 1. The molecule has 1 fully saturated rings. The summed E-state index contributed by atoms with van der Waals surface area (Å²) in [6.07, 6.45) is 6.81. The van der Waals surface area contributed by atoms with Crippen LogP contribution in [0.25, 0.3) is 6.08 Å². The van der Waals surface area contributed by atoms with Gasteiger partial charge in [0.2, 0.25) is 5.91 Å². The minimum Gasteiger partial charge on any atom is -0.435 e. The third-order valence-electron chi connectivity index (χ3n) is 4.34. The van der Waals surface area contributed by atoms with Crippen LogP contribution in [0.5, 0.6) is 5.75 Å². The normalized spacial score (nSPS) is 15.4. The lowest BCUT2D eigenvalue weighted by Gasteiger charge is -2.34. The molecule has 0 aliphatic carbocycles. The predicted molar refractivity (Wildman–Crippen MR) is 98.2 cm³/mol. The highest BCUT2D eigenvalue weighted by molar-refractivity contribution is 5.91. The fourth-order valence-corrected chi connectivity index (χ4v) is 2.91. The number of nitrogens with zero attached hydrogens (tertiary/aromatic N) is 3. The summed E-state index contributed by atoms with van der Waals surface area (Å²) in [5, 5.41) is 0. The second-order valence-electron chi connectivity index (χ2n) is 6.24. The van der Waals surface area contributed by atoms with Crippen LogP contribution in [0.4, 0.5) is 8.78 Å². The number of aromatic nitrogens is 1. The molecule has 0 saturated carbocycles. The third kappa shape index (κ3) is 5.86. The lowest BCUT2D eigenvalue weighted by molar-refractivity contribution is -0.127. The van der Waals surface area contributed by atoms with Gasteiger partial charge in [0.25, 0.3) is 0 Å². The number of carbonyl (C=O) groups excluding carboxylic acids is 1. The van der Waals surface area contributed by atoms with E-state index in [1.54, 1.807) is 24.4 Å². The molecular weight excluding hydrogens is 352 g/mol. The highest BCUT2D eigenvalue weighted by Crippen LogP contribution is 2.16. The topological polar surface area (TPSA) is 45.7 Å². The summed E-state index contributed by atoms with van der Waals surface area (Å²) in [7, 11) is 0. The Kier molecular flexibility index (Phi) is 6.49. The van der Waals surface area contributed by atoms with E-state index in [0.717, 1.165) is 30.8 Å². The number of alkyl halides is 2. The van der Waals surface area contributed by atoms with Crippen molar-refractivity contribution in [2.45, 2.75) is 13.2 Å². The number of amides is 1. The van der Waals surface area contributed by atoms with Gasteiger partial charge in [0.1, 0.15) is 5.75 Å². The van der Waals surface area contributed by atoms with E-state index < -0.39 is 6.61 Å². The van der Waals surface area contributed by atoms with Gasteiger partial charge in [-0.3, -0.25) is 14.7 Å². The largest absolute Gasteiger partial charge is 0.435 e. The zero-order valence-electron chi connectivity index (χ0n) is 14.8. The van der Waals surface area contributed by atoms with Gasteiger partial charge in [-0.2, -0.15) is 8.78 Å². The molecule has 7 heteroatoms. The summed E-state index contributed by atoms with van der Waals surface area (Å²) in [6.45, 7) is 0.959. The molecule has 1 aliphatic rings. The zero-order valence-corrected chi connectivity index (χ0v) is 14.8. The lowest BCUT2D eigenvalue weighted by Crippen LogP contribution is -2.47. The van der Waals surface area contributed by atoms with E-state index in [1.165, 1.54) is 18.2 Å². The van der Waals surface area contributed by atoms with Crippen LogP contribution in [0.3, 0.4) is 0 Å². The molecule has 0 radical (unpaired) electrons. The van der Waals surface area contributed by atoms with Crippen molar-refractivity contribution in [2.24, 2.45) is 0 Å². The van der Waals surface area contributed by atoms with Crippen molar-refractivity contribution < 1.29 is 18.3 Å². The first-order valence-electron chi connectivity index (χ1n) is 8.73. The lowest BCUT2D eigenvalue weighted by atomic mass is 10.2. The second-order valence-corrected chi connectivity index (χ2v) is 6.24. The number of rotatable bonds is 6. The maximum atomic E-state index is 12.3. The molecule has 0 bridgehead atoms. The number of carbonyl (C=O) groups is 1. The first kappa shape index (κ1) is 19.0. The van der Waals surface area contributed by atoms with Crippen molar-refractivity contribution in [3.63, 3.8) is 0 Å². The smallest absolute Gasteiger partial charge is 0.387 e. The van der Waals surface area contributed by atoms with Crippen LogP contribution in [-0.4, -0.2) is 53.5 Å². The molecule has 0 spiro atoms. The highest BCUT2D eigenvalue weighted by Gasteiger charge is 2.19. The van der Waals surface area contributed by atoms with Gasteiger partial charge in [0.05, 0.1) is 0 Å². The van der Waals surface area contributed by atoms with E-state index in [2.05, 4.69) is 14.6 Å². The summed E-state index contributed by atoms with van der Waals surface area (Å²) < 4.78 is 28.6. The molecule has 3 rings (SSSR count). The average molecular weight is 373 g/mol. The molecule has 1 aromatic carbocycles. The van der Waals surface area contributed by atoms with Crippen LogP contribution in [0, 0.1) is 0 Å². The molecule has 0 unspecified atom stereocenters. The first-order valence-corrected chi connectivity index (χ1v) is 8.73. The number of halogens is 2. The summed E-state index contributed by atoms with van der Waals surface area (Å²) >= 11 is 0. The van der Waals surface area contributed by atoms with Gasteiger partial charge in [0, 0.05) is 51.2 Å². The molecule has 2 aromatic rings. The van der Waals surface area contributed by atoms with E-state index in [-0.39, 0.29) is 11.7 Å². The number of hydrogen-bond acceptors (Lipinski definition) is 4. The maximum absolute atomic E-state index is 12.3. The fourth-order valence-electron chi connectivity index (χ4n) is 2.91. The maximum Gasteiger partial charge on any atom is 0.387 e. The Labute approximate surface area is 156 Å².